The second-order valence-electron chi connectivity index (χ2n) is 9.66. The molecule has 36 nitrogen and oxygen atoms in total. The molecule has 1 aliphatic heterocycles. The molecule has 0 saturated carbocycles. The molecule has 0 amide bonds. The highest BCUT2D eigenvalue weighted by Crippen LogP contribution is 2.02. The molecule has 0 atom stereocenters. The molecular weight excluding hydrogens is 1600 g/mol. The Hall–Kier alpha value is 5.72. The highest BCUT2D eigenvalue weighted by molar-refractivity contribution is 6.61. The molecule has 1 aliphatic rings. The third-order valence-corrected chi connectivity index (χ3v) is 32.7. The first kappa shape index (κ1) is 81.7. The van der Waals surface area contributed by atoms with Gasteiger partial charge >= 0.3 is 328 Å². The summed E-state index contributed by atoms with van der Waals surface area (Å²) in [5, 5.41) is 0. The Labute approximate surface area is 533 Å². The Morgan fingerprint density at radius 1 is 0.167 bits per heavy atom. The van der Waals surface area contributed by atoms with Gasteiger partial charge in [0.25, 0.3) is 0 Å². The normalized spacial score (nSPS) is 23.0. The van der Waals surface area contributed by atoms with Crippen molar-refractivity contribution in [2.45, 2.75) is 37.4 Å². The number of nitrogens with two attached hydrogens (primary N) is 3. The van der Waals surface area contributed by atoms with Gasteiger partial charge in [0, 0.05) is 0 Å². The highest BCUT2D eigenvalue weighted by atomic mass is 28.5. The van der Waals surface area contributed by atoms with Crippen molar-refractivity contribution < 1.29 is 136 Å². The molecule has 405 valence electrons. The van der Waals surface area contributed by atoms with Crippen LogP contribution < -0.4 is 17.2 Å². The summed E-state index contributed by atoms with van der Waals surface area (Å²) in [6.45, 7) is 1.47. The summed E-state index contributed by atoms with van der Waals surface area (Å²) in [5.41, 5.74) is 17.0. The van der Waals surface area contributed by atoms with Gasteiger partial charge in [-0.15, -0.1) is 0 Å². The molecule has 0 aromatic rings. The number of hydrogen-bond acceptors (Lipinski definition) is 36. The maximum atomic E-state index is 5.74. The third-order valence-electron chi connectivity index (χ3n) is 4.94. The van der Waals surface area contributed by atoms with E-state index in [1.165, 1.54) is 0 Å². The van der Waals surface area contributed by atoms with Crippen LogP contribution in [0.25, 0.3) is 0 Å². The summed E-state index contributed by atoms with van der Waals surface area (Å²) in [4.78, 5) is 0. The van der Waals surface area contributed by atoms with E-state index in [-0.39, 0.29) is 300 Å². The molecule has 1 heterocycles. The van der Waals surface area contributed by atoms with Gasteiger partial charge in [-0.05, 0) is 57.0 Å². The van der Waals surface area contributed by atoms with Crippen LogP contribution in [0, 0.1) is 0 Å². The Balaban J connectivity index is 2.28. The zero-order chi connectivity index (χ0) is 55.6. The predicted octanol–water partition coefficient (Wildman–Crippen LogP) is -13.9. The average Bonchev–Trinajstić information content (AvgIpc) is 3.45. The molecule has 0 aromatic carbocycles. The molecule has 1 rings (SSSR count). The van der Waals surface area contributed by atoms with Crippen LogP contribution in [0.4, 0.5) is 0 Å². The second kappa shape index (κ2) is 73.5. The van der Waals surface area contributed by atoms with Crippen LogP contribution in [0.2, 0.25) is 18.1 Å². The first-order valence-corrected chi connectivity index (χ1v) is 47.8. The Morgan fingerprint density at radius 3 is 0.372 bits per heavy atom. The predicted molar refractivity (Wildman–Crippen MR) is 281 cm³/mol. The number of rotatable bonds is 9. The quantitative estimate of drug-likeness (QED) is 0.180. The average molecular weight is 1630 g/mol. The Bertz CT molecular complexity index is 1150. The number of hydrogen-bond donors (Lipinski definition) is 3. The smallest absolute Gasteiger partial charge is 0.412 e. The topological polar surface area (TPSA) is 383 Å². The lowest BCUT2D eigenvalue weighted by Crippen LogP contribution is -2.31. The van der Waals surface area contributed by atoms with Crippen LogP contribution in [0.15, 0.2) is 0 Å². The van der Waals surface area contributed by atoms with Gasteiger partial charge in [0.2, 0.25) is 0 Å². The van der Waals surface area contributed by atoms with E-state index in [9.17, 15) is 0 Å². The lowest BCUT2D eigenvalue weighted by molar-refractivity contribution is 0.338. The summed E-state index contributed by atoms with van der Waals surface area (Å²) < 4.78 is 177. The van der Waals surface area contributed by atoms with E-state index in [0.29, 0.717) is 50.6 Å². The fourth-order valence-electron chi connectivity index (χ4n) is 2.47. The van der Waals surface area contributed by atoms with Crippen LogP contribution in [0.1, 0.15) is 19.3 Å². The van der Waals surface area contributed by atoms with E-state index in [1.54, 1.807) is 0 Å². The summed E-state index contributed by atoms with van der Waals surface area (Å²) in [6.07, 6.45) is 2.15. The van der Waals surface area contributed by atoms with Crippen molar-refractivity contribution in [1.82, 2.24) is 0 Å². The summed E-state index contributed by atoms with van der Waals surface area (Å²) >= 11 is 0. The van der Waals surface area contributed by atoms with Crippen LogP contribution >= 0.6 is 0 Å². The largest absolute Gasteiger partial charge is 0.413 e. The fraction of sp³-hybridized carbons (Fsp3) is 1.00. The van der Waals surface area contributed by atoms with Crippen molar-refractivity contribution in [3.63, 3.8) is 0 Å². The lowest BCUT2D eigenvalue weighted by atomic mass is 10.5. The van der Waals surface area contributed by atoms with Gasteiger partial charge in [0.05, 0.1) is 0 Å². The minimum Gasteiger partial charge on any atom is -0.413 e. The molecule has 6 N–H and O–H groups in total. The van der Waals surface area contributed by atoms with Crippen molar-refractivity contribution in [3.05, 3.63) is 0 Å². The summed E-state index contributed by atoms with van der Waals surface area (Å²) in [5.74, 6) is 0. The maximum Gasteiger partial charge on any atom is 0.412 e. The fourth-order valence-corrected chi connectivity index (χ4v) is 30.2. The van der Waals surface area contributed by atoms with Crippen LogP contribution in [-0.2, 0) is 136 Å². The van der Waals surface area contributed by atoms with Crippen molar-refractivity contribution in [1.29, 1.82) is 0 Å². The van der Waals surface area contributed by atoms with Gasteiger partial charge in [0.15, 0.2) is 0 Å². The van der Waals surface area contributed by atoms with E-state index in [4.69, 9.17) is 153 Å². The zero-order valence-corrected chi connectivity index (χ0v) is 71.1. The molecule has 69 heteroatoms. The Kier molecular flexibility index (Phi) is 77.0. The monoisotopic (exact) mass is 1630 g/mol. The van der Waals surface area contributed by atoms with Crippen molar-refractivity contribution in [2.75, 3.05) is 19.6 Å². The van der Waals surface area contributed by atoms with Crippen LogP contribution in [0.3, 0.4) is 0 Å². The second-order valence-corrected chi connectivity index (χ2v) is 45.3. The molecule has 63 radical (unpaired) electrons. The molecule has 1 fully saturated rings. The molecular formula is C9H24N3O33Si33. The molecule has 0 bridgehead atoms. The van der Waals surface area contributed by atoms with Crippen molar-refractivity contribution >= 4 is 328 Å². The van der Waals surface area contributed by atoms with Gasteiger partial charge in [-0.3, -0.25) is 0 Å². The van der Waals surface area contributed by atoms with E-state index >= 15 is 0 Å². The minimum absolute atomic E-state index is 0.299. The standard InChI is InChI=1S/C9H24N3O33Si33/c10-4-1-7-76-40-70-34-64-28-59-24-55-20-51-16-48-14-46-13-47-15-49-17-52-21-56-25-60-30-66-36-72-42-77(8-2-5-11)44-74-38-68-32-63-33-69-39-75-45-78(9-3-6-12)43-73-37-67-31-62-27-58-23-54-19-50-18-53-22-57-26-61-29-65-35-71-41-76/h1-12H2. The Morgan fingerprint density at radius 2 is 0.269 bits per heavy atom. The van der Waals surface area contributed by atoms with E-state index in [1.807, 2.05) is 0 Å². The lowest BCUT2D eigenvalue weighted by Gasteiger charge is -2.13. The van der Waals surface area contributed by atoms with Crippen LogP contribution in [0.5, 0.6) is 0 Å². The summed E-state index contributed by atoms with van der Waals surface area (Å²) in [6, 6.07) is 1.91. The molecule has 78 heavy (non-hydrogen) atoms. The molecule has 0 unspecified atom stereocenters. The van der Waals surface area contributed by atoms with E-state index < -0.39 is 27.9 Å². The van der Waals surface area contributed by atoms with Gasteiger partial charge in [-0.25, -0.2) is 0 Å². The van der Waals surface area contributed by atoms with Gasteiger partial charge < -0.3 is 153 Å². The summed E-state index contributed by atoms with van der Waals surface area (Å²) in [7, 11) is -14.3. The van der Waals surface area contributed by atoms with Gasteiger partial charge in [0.1, 0.15) is 0 Å². The van der Waals surface area contributed by atoms with Crippen molar-refractivity contribution in [2.24, 2.45) is 17.2 Å². The molecule has 0 spiro atoms. The third kappa shape index (κ3) is 66.1. The van der Waals surface area contributed by atoms with Gasteiger partial charge in [-0.1, -0.05) is 0 Å². The molecule has 0 aliphatic carbocycles. The van der Waals surface area contributed by atoms with E-state index in [2.05, 4.69) is 0 Å². The van der Waals surface area contributed by atoms with E-state index in [0.717, 1.165) is 6.42 Å². The molecule has 0 aromatic heterocycles. The zero-order valence-electron chi connectivity index (χ0n) is 38.1. The van der Waals surface area contributed by atoms with Gasteiger partial charge in [-0.2, -0.15) is 0 Å². The van der Waals surface area contributed by atoms with Crippen LogP contribution in [-0.4, -0.2) is 348 Å². The SMILES string of the molecule is NCCC[Si]1O[Si]O[Si]O[Si]O[Si]O[Si]O[Si]O[Si]O[Si]O[Si]O[Si]O[Si]O[Si]O[Si]O[Si]O[Si](CCCN)O[Si]O[Si]O[Si]O[Si]O[Si]O[Si](CCCN)O[Si]O[Si]O[Si]O[Si]O[Si]O[Si]O[Si]O[Si]O[Si]O[Si]O[Si]O1. The van der Waals surface area contributed by atoms with Crippen molar-refractivity contribution in [3.8, 4) is 0 Å². The molecule has 1 saturated heterocycles. The minimum atomic E-state index is -1.71. The first-order chi connectivity index (χ1) is 38.8. The first-order valence-electron chi connectivity index (χ1n) is 18.8. The maximum absolute atomic E-state index is 5.74. The highest BCUT2D eigenvalue weighted by Gasteiger charge is 2.21.